The molecule has 1 heterocycles. The summed E-state index contributed by atoms with van der Waals surface area (Å²) in [5.41, 5.74) is 3.32. The van der Waals surface area contributed by atoms with Gasteiger partial charge in [0.25, 0.3) is 0 Å². The largest absolute Gasteiger partial charge is 0.475 e. The van der Waals surface area contributed by atoms with Crippen LogP contribution in [0.5, 0.6) is 5.88 Å². The topological polar surface area (TPSA) is 82.3 Å². The molecule has 6 heteroatoms. The van der Waals surface area contributed by atoms with Crippen molar-refractivity contribution in [3.05, 3.63) is 11.9 Å². The van der Waals surface area contributed by atoms with Gasteiger partial charge in [0, 0.05) is 0 Å². The van der Waals surface area contributed by atoms with Gasteiger partial charge in [0.1, 0.15) is 18.8 Å². The Labute approximate surface area is 114 Å². The Kier molecular flexibility index (Phi) is 5.98. The highest BCUT2D eigenvalue weighted by Crippen LogP contribution is 2.22. The highest BCUT2D eigenvalue weighted by molar-refractivity contribution is 5.47. The number of hydrogen-bond acceptors (Lipinski definition) is 6. The van der Waals surface area contributed by atoms with Gasteiger partial charge in [-0.2, -0.15) is 0 Å². The number of rotatable bonds is 7. The zero-order chi connectivity index (χ0) is 14.3. The molecule has 0 saturated carbocycles. The quantitative estimate of drug-likeness (QED) is 0.446. The Balaban J connectivity index is 2.62. The maximum absolute atomic E-state index is 5.66. The van der Waals surface area contributed by atoms with Gasteiger partial charge in [-0.25, -0.2) is 15.8 Å². The van der Waals surface area contributed by atoms with Gasteiger partial charge in [0.15, 0.2) is 0 Å². The summed E-state index contributed by atoms with van der Waals surface area (Å²) in [4.78, 5) is 8.24. The Morgan fingerprint density at radius 2 is 2.00 bits per heavy atom. The maximum Gasteiger partial charge on any atom is 0.221 e. The van der Waals surface area contributed by atoms with Crippen LogP contribution in [0.2, 0.25) is 0 Å². The van der Waals surface area contributed by atoms with Crippen molar-refractivity contribution >= 4 is 5.82 Å². The van der Waals surface area contributed by atoms with E-state index in [9.17, 15) is 0 Å². The van der Waals surface area contributed by atoms with Crippen LogP contribution in [0, 0.1) is 0 Å². The number of hydrogen-bond donors (Lipinski definition) is 2. The van der Waals surface area contributed by atoms with Crippen LogP contribution in [-0.4, -0.2) is 28.8 Å². The van der Waals surface area contributed by atoms with E-state index < -0.39 is 0 Å². The average molecular weight is 268 g/mol. The molecule has 0 saturated heterocycles. The van der Waals surface area contributed by atoms with Crippen LogP contribution in [0.4, 0.5) is 5.82 Å². The number of anilines is 1. The fourth-order valence-electron chi connectivity index (χ4n) is 1.61. The summed E-state index contributed by atoms with van der Waals surface area (Å²) in [5.74, 6) is 6.63. The lowest BCUT2D eigenvalue weighted by atomic mass is 10.2. The molecule has 0 aliphatic heterocycles. The van der Waals surface area contributed by atoms with Crippen molar-refractivity contribution < 1.29 is 9.47 Å². The number of nitrogen functional groups attached to an aromatic ring is 1. The van der Waals surface area contributed by atoms with Gasteiger partial charge in [-0.05, 0) is 27.2 Å². The molecule has 1 aromatic rings. The van der Waals surface area contributed by atoms with Crippen molar-refractivity contribution in [2.75, 3.05) is 18.6 Å². The highest BCUT2D eigenvalue weighted by Gasteiger charge is 2.13. The number of nitrogens with zero attached hydrogens (tertiary/aromatic N) is 2. The number of ether oxygens (including phenoxy) is 2. The van der Waals surface area contributed by atoms with Crippen LogP contribution in [0.15, 0.2) is 6.33 Å². The maximum atomic E-state index is 5.66. The van der Waals surface area contributed by atoms with Crippen molar-refractivity contribution in [1.82, 2.24) is 9.97 Å². The molecule has 19 heavy (non-hydrogen) atoms. The van der Waals surface area contributed by atoms with Crippen molar-refractivity contribution in [3.8, 4) is 5.88 Å². The molecule has 0 aliphatic rings. The van der Waals surface area contributed by atoms with E-state index in [2.05, 4.69) is 22.3 Å². The van der Waals surface area contributed by atoms with Crippen molar-refractivity contribution in [1.29, 1.82) is 0 Å². The normalized spacial score (nSPS) is 11.4. The van der Waals surface area contributed by atoms with Crippen LogP contribution in [-0.2, 0) is 11.2 Å². The van der Waals surface area contributed by atoms with Gasteiger partial charge in [-0.1, -0.05) is 13.3 Å². The molecule has 0 aromatic carbocycles. The van der Waals surface area contributed by atoms with E-state index in [-0.39, 0.29) is 5.60 Å². The Hall–Kier alpha value is -1.40. The second-order valence-corrected chi connectivity index (χ2v) is 5.21. The minimum absolute atomic E-state index is 0.161. The first-order valence-electron chi connectivity index (χ1n) is 6.55. The molecule has 0 unspecified atom stereocenters. The van der Waals surface area contributed by atoms with Crippen LogP contribution >= 0.6 is 0 Å². The van der Waals surface area contributed by atoms with E-state index in [0.29, 0.717) is 24.9 Å². The Morgan fingerprint density at radius 1 is 1.26 bits per heavy atom. The summed E-state index contributed by atoms with van der Waals surface area (Å²) in [7, 11) is 0. The second kappa shape index (κ2) is 7.25. The molecule has 108 valence electrons. The van der Waals surface area contributed by atoms with Crippen LogP contribution in [0.1, 0.15) is 39.7 Å². The minimum Gasteiger partial charge on any atom is -0.475 e. The lowest BCUT2D eigenvalue weighted by Crippen LogP contribution is -2.23. The van der Waals surface area contributed by atoms with E-state index in [0.717, 1.165) is 18.4 Å². The van der Waals surface area contributed by atoms with E-state index in [1.807, 2.05) is 20.8 Å². The second-order valence-electron chi connectivity index (χ2n) is 5.21. The molecule has 3 N–H and O–H groups in total. The van der Waals surface area contributed by atoms with Crippen molar-refractivity contribution in [2.45, 2.75) is 46.1 Å². The summed E-state index contributed by atoms with van der Waals surface area (Å²) >= 11 is 0. The zero-order valence-corrected chi connectivity index (χ0v) is 12.2. The van der Waals surface area contributed by atoms with Gasteiger partial charge in [-0.15, -0.1) is 0 Å². The van der Waals surface area contributed by atoms with E-state index in [1.54, 1.807) is 0 Å². The molecule has 6 nitrogen and oxygen atoms in total. The lowest BCUT2D eigenvalue weighted by Gasteiger charge is -2.19. The first kappa shape index (κ1) is 15.7. The minimum atomic E-state index is -0.161. The molecule has 0 fully saturated rings. The molecule has 0 spiro atoms. The first-order valence-corrected chi connectivity index (χ1v) is 6.55. The summed E-state index contributed by atoms with van der Waals surface area (Å²) in [5, 5.41) is 0. The fourth-order valence-corrected chi connectivity index (χ4v) is 1.61. The third-order valence-electron chi connectivity index (χ3n) is 2.40. The SMILES string of the molecule is CCCc1c(NN)ncnc1OCCOC(C)(C)C. The summed E-state index contributed by atoms with van der Waals surface area (Å²) in [6.45, 7) is 9.09. The van der Waals surface area contributed by atoms with Crippen LogP contribution < -0.4 is 16.0 Å². The third-order valence-corrected chi connectivity index (χ3v) is 2.40. The smallest absolute Gasteiger partial charge is 0.221 e. The van der Waals surface area contributed by atoms with Crippen LogP contribution in [0.3, 0.4) is 0 Å². The Bertz CT molecular complexity index is 391. The molecule has 0 bridgehead atoms. The van der Waals surface area contributed by atoms with Crippen LogP contribution in [0.25, 0.3) is 0 Å². The third kappa shape index (κ3) is 5.40. The fraction of sp³-hybridized carbons (Fsp3) is 0.692. The molecule has 0 amide bonds. The average Bonchev–Trinajstić information content (AvgIpc) is 2.35. The molecular formula is C13H24N4O2. The highest BCUT2D eigenvalue weighted by atomic mass is 16.5. The van der Waals surface area contributed by atoms with E-state index >= 15 is 0 Å². The van der Waals surface area contributed by atoms with Crippen molar-refractivity contribution in [3.63, 3.8) is 0 Å². The zero-order valence-electron chi connectivity index (χ0n) is 12.2. The predicted octanol–water partition coefficient (Wildman–Crippen LogP) is 1.91. The summed E-state index contributed by atoms with van der Waals surface area (Å²) in [6, 6.07) is 0. The number of nitrogens with one attached hydrogen (secondary N) is 1. The standard InChI is InChI=1S/C13H24N4O2/c1-5-6-10-11(17-14)15-9-16-12(10)18-7-8-19-13(2,3)4/h9H,5-8,14H2,1-4H3,(H,15,16,17). The molecular weight excluding hydrogens is 244 g/mol. The molecule has 0 radical (unpaired) electrons. The van der Waals surface area contributed by atoms with Gasteiger partial charge < -0.3 is 14.9 Å². The molecule has 0 atom stereocenters. The molecule has 1 rings (SSSR count). The van der Waals surface area contributed by atoms with E-state index in [4.69, 9.17) is 15.3 Å². The predicted molar refractivity (Wildman–Crippen MR) is 75.0 cm³/mol. The van der Waals surface area contributed by atoms with Crippen molar-refractivity contribution in [2.24, 2.45) is 5.84 Å². The summed E-state index contributed by atoms with van der Waals surface area (Å²) in [6.07, 6.45) is 3.22. The molecule has 0 aliphatic carbocycles. The molecule has 1 aromatic heterocycles. The van der Waals surface area contributed by atoms with Gasteiger partial charge in [0.05, 0.1) is 17.8 Å². The van der Waals surface area contributed by atoms with Gasteiger partial charge >= 0.3 is 0 Å². The van der Waals surface area contributed by atoms with Gasteiger partial charge in [-0.3, -0.25) is 0 Å². The van der Waals surface area contributed by atoms with E-state index in [1.165, 1.54) is 6.33 Å². The lowest BCUT2D eigenvalue weighted by molar-refractivity contribution is -0.0169. The monoisotopic (exact) mass is 268 g/mol. The number of aromatic nitrogens is 2. The number of nitrogens with two attached hydrogens (primary N) is 1. The first-order chi connectivity index (χ1) is 8.98. The Morgan fingerprint density at radius 3 is 2.58 bits per heavy atom. The van der Waals surface area contributed by atoms with Gasteiger partial charge in [0.2, 0.25) is 5.88 Å². The number of hydrazine groups is 1. The summed E-state index contributed by atoms with van der Waals surface area (Å²) < 4.78 is 11.3.